The van der Waals surface area contributed by atoms with E-state index >= 15 is 0 Å². The van der Waals surface area contributed by atoms with Gasteiger partial charge in [-0.2, -0.15) is 0 Å². The fourth-order valence-corrected chi connectivity index (χ4v) is 2.25. The number of hydrogen-bond acceptors (Lipinski definition) is 5. The standard InChI is InChI=1S/C11H17N5O3/c1-8(17)15-5-3-9(4-6-15)13-11-10(16(18)19)12-7-14(11)2/h7,9,13H,3-6H2,1-2H3. The maximum Gasteiger partial charge on any atom is 0.406 e. The lowest BCUT2D eigenvalue weighted by molar-refractivity contribution is -0.388. The first-order chi connectivity index (χ1) is 8.99. The lowest BCUT2D eigenvalue weighted by Gasteiger charge is -2.31. The molecule has 19 heavy (non-hydrogen) atoms. The summed E-state index contributed by atoms with van der Waals surface area (Å²) in [7, 11) is 1.72. The van der Waals surface area contributed by atoms with E-state index in [1.165, 1.54) is 6.33 Å². The maximum atomic E-state index is 11.2. The normalized spacial score (nSPS) is 16.4. The largest absolute Gasteiger partial charge is 0.406 e. The molecule has 2 heterocycles. The molecule has 1 aliphatic rings. The number of likely N-dealkylation sites (tertiary alicyclic amines) is 1. The summed E-state index contributed by atoms with van der Waals surface area (Å²) in [5.41, 5.74) is 0. The van der Waals surface area contributed by atoms with Crippen LogP contribution in [0.15, 0.2) is 6.33 Å². The van der Waals surface area contributed by atoms with Crippen LogP contribution in [0.25, 0.3) is 0 Å². The van der Waals surface area contributed by atoms with Gasteiger partial charge in [-0.05, 0) is 22.7 Å². The van der Waals surface area contributed by atoms with E-state index in [-0.39, 0.29) is 17.8 Å². The SMILES string of the molecule is CC(=O)N1CCC(Nc2c([N+](=O)[O-])ncn2C)CC1. The van der Waals surface area contributed by atoms with Gasteiger partial charge in [0.25, 0.3) is 0 Å². The second-order valence-corrected chi connectivity index (χ2v) is 4.71. The number of carbonyl (C=O) groups excluding carboxylic acids is 1. The predicted molar refractivity (Wildman–Crippen MR) is 68.8 cm³/mol. The molecule has 1 amide bonds. The van der Waals surface area contributed by atoms with E-state index in [4.69, 9.17) is 0 Å². The molecule has 1 aliphatic heterocycles. The minimum atomic E-state index is -0.493. The molecule has 0 spiro atoms. The minimum absolute atomic E-state index is 0.0740. The van der Waals surface area contributed by atoms with Crippen molar-refractivity contribution in [2.75, 3.05) is 18.4 Å². The van der Waals surface area contributed by atoms with E-state index in [2.05, 4.69) is 10.3 Å². The molecule has 8 heteroatoms. The molecule has 0 aliphatic carbocycles. The van der Waals surface area contributed by atoms with Gasteiger partial charge in [-0.25, -0.2) is 0 Å². The minimum Gasteiger partial charge on any atom is -0.361 e. The maximum absolute atomic E-state index is 11.2. The Hall–Kier alpha value is -2.12. The Morgan fingerprint density at radius 3 is 2.68 bits per heavy atom. The number of carbonyl (C=O) groups is 1. The van der Waals surface area contributed by atoms with Gasteiger partial charge in [0.05, 0.1) is 0 Å². The molecule has 104 valence electrons. The van der Waals surface area contributed by atoms with Crippen LogP contribution in [0, 0.1) is 10.1 Å². The van der Waals surface area contributed by atoms with Gasteiger partial charge in [0.1, 0.15) is 0 Å². The molecule has 0 unspecified atom stereocenters. The summed E-state index contributed by atoms with van der Waals surface area (Å²) in [4.78, 5) is 27.1. The van der Waals surface area contributed by atoms with Crippen molar-refractivity contribution in [3.05, 3.63) is 16.4 Å². The van der Waals surface area contributed by atoms with Crippen molar-refractivity contribution in [1.29, 1.82) is 0 Å². The third-order valence-corrected chi connectivity index (χ3v) is 3.37. The zero-order chi connectivity index (χ0) is 14.0. The second kappa shape index (κ2) is 5.25. The highest BCUT2D eigenvalue weighted by Gasteiger charge is 2.26. The van der Waals surface area contributed by atoms with E-state index < -0.39 is 4.92 Å². The molecular weight excluding hydrogens is 250 g/mol. The third kappa shape index (κ3) is 2.83. The van der Waals surface area contributed by atoms with Gasteiger partial charge in [0.15, 0.2) is 0 Å². The van der Waals surface area contributed by atoms with Gasteiger partial charge < -0.3 is 20.3 Å². The molecular formula is C11H17N5O3. The Kier molecular flexibility index (Phi) is 3.68. The summed E-state index contributed by atoms with van der Waals surface area (Å²) in [6, 6.07) is 0.129. The summed E-state index contributed by atoms with van der Waals surface area (Å²) in [6.45, 7) is 2.91. The van der Waals surface area contributed by atoms with Crippen LogP contribution < -0.4 is 5.32 Å². The lowest BCUT2D eigenvalue weighted by Crippen LogP contribution is -2.41. The van der Waals surface area contributed by atoms with E-state index in [9.17, 15) is 14.9 Å². The number of anilines is 1. The highest BCUT2D eigenvalue weighted by atomic mass is 16.6. The Morgan fingerprint density at radius 2 is 2.16 bits per heavy atom. The van der Waals surface area contributed by atoms with Gasteiger partial charge in [0, 0.05) is 33.1 Å². The van der Waals surface area contributed by atoms with Crippen molar-refractivity contribution >= 4 is 17.5 Å². The smallest absolute Gasteiger partial charge is 0.361 e. The average molecular weight is 267 g/mol. The van der Waals surface area contributed by atoms with Gasteiger partial charge >= 0.3 is 5.82 Å². The molecule has 0 saturated carbocycles. The molecule has 1 aromatic rings. The quantitative estimate of drug-likeness (QED) is 0.644. The van der Waals surface area contributed by atoms with Crippen molar-refractivity contribution in [2.45, 2.75) is 25.8 Å². The molecule has 2 rings (SSSR count). The van der Waals surface area contributed by atoms with Crippen LogP contribution in [0.3, 0.4) is 0 Å². The van der Waals surface area contributed by atoms with Crippen molar-refractivity contribution < 1.29 is 9.72 Å². The number of piperidine rings is 1. The summed E-state index contributed by atoms with van der Waals surface area (Å²) in [5.74, 6) is 0.340. The molecule has 1 fully saturated rings. The fraction of sp³-hybridized carbons (Fsp3) is 0.636. The van der Waals surface area contributed by atoms with Gasteiger partial charge in [-0.3, -0.25) is 9.36 Å². The van der Waals surface area contributed by atoms with Crippen molar-refractivity contribution in [2.24, 2.45) is 7.05 Å². The Balaban J connectivity index is 2.01. The summed E-state index contributed by atoms with van der Waals surface area (Å²) in [6.07, 6.45) is 2.98. The number of nitro groups is 1. The monoisotopic (exact) mass is 267 g/mol. The van der Waals surface area contributed by atoms with Gasteiger partial charge in [-0.15, -0.1) is 0 Å². The number of hydrogen-bond donors (Lipinski definition) is 1. The number of aromatic nitrogens is 2. The molecule has 8 nitrogen and oxygen atoms in total. The zero-order valence-corrected chi connectivity index (χ0v) is 11.0. The van der Waals surface area contributed by atoms with Crippen LogP contribution in [0.1, 0.15) is 19.8 Å². The highest BCUT2D eigenvalue weighted by molar-refractivity contribution is 5.73. The van der Waals surface area contributed by atoms with Crippen LogP contribution in [-0.4, -0.2) is 44.4 Å². The average Bonchev–Trinajstić information content (AvgIpc) is 2.72. The van der Waals surface area contributed by atoms with Crippen LogP contribution in [-0.2, 0) is 11.8 Å². The number of rotatable bonds is 3. The molecule has 0 aromatic carbocycles. The second-order valence-electron chi connectivity index (χ2n) is 4.71. The first-order valence-electron chi connectivity index (χ1n) is 6.16. The Morgan fingerprint density at radius 1 is 1.53 bits per heavy atom. The molecule has 1 aromatic heterocycles. The molecule has 1 N–H and O–H groups in total. The first-order valence-corrected chi connectivity index (χ1v) is 6.16. The number of amides is 1. The molecule has 1 saturated heterocycles. The number of nitrogens with zero attached hydrogens (tertiary/aromatic N) is 4. The summed E-state index contributed by atoms with van der Waals surface area (Å²) < 4.78 is 1.61. The number of imidazole rings is 1. The first kappa shape index (κ1) is 13.3. The number of nitrogens with one attached hydrogen (secondary N) is 1. The van der Waals surface area contributed by atoms with E-state index in [0.717, 1.165) is 12.8 Å². The van der Waals surface area contributed by atoms with Gasteiger partial charge in [-0.1, -0.05) is 0 Å². The Labute approximate surface area is 110 Å². The van der Waals surface area contributed by atoms with Crippen molar-refractivity contribution in [3.63, 3.8) is 0 Å². The Bertz CT molecular complexity index is 491. The summed E-state index contributed by atoms with van der Waals surface area (Å²) in [5, 5.41) is 14.0. The van der Waals surface area contributed by atoms with Gasteiger partial charge in [0.2, 0.25) is 18.1 Å². The molecule has 0 atom stereocenters. The molecule has 0 radical (unpaired) electrons. The van der Waals surface area contributed by atoms with Crippen LogP contribution >= 0.6 is 0 Å². The summed E-state index contributed by atoms with van der Waals surface area (Å²) >= 11 is 0. The topological polar surface area (TPSA) is 93.3 Å². The predicted octanol–water partition coefficient (Wildman–Crippen LogP) is 0.751. The van der Waals surface area contributed by atoms with E-state index in [0.29, 0.717) is 18.9 Å². The lowest BCUT2D eigenvalue weighted by atomic mass is 10.1. The van der Waals surface area contributed by atoms with Crippen LogP contribution in [0.5, 0.6) is 0 Å². The zero-order valence-electron chi connectivity index (χ0n) is 11.0. The molecule has 0 bridgehead atoms. The van der Waals surface area contributed by atoms with Crippen molar-refractivity contribution in [3.8, 4) is 0 Å². The number of aryl methyl sites for hydroxylation is 1. The van der Waals surface area contributed by atoms with Crippen molar-refractivity contribution in [1.82, 2.24) is 14.5 Å². The van der Waals surface area contributed by atoms with E-state index in [1.807, 2.05) is 0 Å². The van der Waals surface area contributed by atoms with Crippen LogP contribution in [0.2, 0.25) is 0 Å². The van der Waals surface area contributed by atoms with Crippen LogP contribution in [0.4, 0.5) is 11.6 Å². The highest BCUT2D eigenvalue weighted by Crippen LogP contribution is 2.24. The fourth-order valence-electron chi connectivity index (χ4n) is 2.25. The van der Waals surface area contributed by atoms with E-state index in [1.54, 1.807) is 23.4 Å². The third-order valence-electron chi connectivity index (χ3n) is 3.37.